The quantitative estimate of drug-likeness (QED) is 0.272. The average Bonchev–Trinajstić information content (AvgIpc) is 2.95. The van der Waals surface area contributed by atoms with E-state index in [0.29, 0.717) is 22.2 Å². The predicted octanol–water partition coefficient (Wildman–Crippen LogP) is 6.17. The smallest absolute Gasteiger partial charge is 0.229 e. The molecule has 2 fully saturated rings. The highest BCUT2D eigenvalue weighted by Gasteiger charge is 2.46. The summed E-state index contributed by atoms with van der Waals surface area (Å²) in [5.41, 5.74) is 3.28. The summed E-state index contributed by atoms with van der Waals surface area (Å²) in [5, 5.41) is 7.90. The monoisotopic (exact) mass is 584 g/mol. The number of para-hydroxylation sites is 1. The predicted molar refractivity (Wildman–Crippen MR) is 164 cm³/mol. The van der Waals surface area contributed by atoms with Crippen molar-refractivity contribution in [3.63, 3.8) is 0 Å². The van der Waals surface area contributed by atoms with E-state index < -0.39 is 8.38 Å². The number of nitrogens with zero attached hydrogens (tertiary/aromatic N) is 4. The fourth-order valence-electron chi connectivity index (χ4n) is 5.71. The molecule has 3 aromatic rings. The number of hydrogen-bond acceptors (Lipinski definition) is 9. The van der Waals surface area contributed by atoms with Crippen LogP contribution in [0, 0.1) is 5.41 Å². The highest BCUT2D eigenvalue weighted by Crippen LogP contribution is 2.51. The Kier molecular flexibility index (Phi) is 8.98. The van der Waals surface area contributed by atoms with E-state index in [1.54, 1.807) is 27.5 Å². The van der Waals surface area contributed by atoms with Gasteiger partial charge in [0.05, 0.1) is 30.0 Å². The Balaban J connectivity index is 1.28. The highest BCUT2D eigenvalue weighted by atomic mass is 35.5. The van der Waals surface area contributed by atoms with Gasteiger partial charge in [-0.2, -0.15) is 4.98 Å². The van der Waals surface area contributed by atoms with Gasteiger partial charge in [0.25, 0.3) is 0 Å². The van der Waals surface area contributed by atoms with Gasteiger partial charge < -0.3 is 34.2 Å². The van der Waals surface area contributed by atoms with Gasteiger partial charge in [-0.25, -0.2) is 4.98 Å². The van der Waals surface area contributed by atoms with Crippen molar-refractivity contribution >= 4 is 54.1 Å². The highest BCUT2D eigenvalue weighted by molar-refractivity contribution is 7.56. The third-order valence-corrected chi connectivity index (χ3v) is 9.84. The van der Waals surface area contributed by atoms with Gasteiger partial charge in [-0.1, -0.05) is 23.7 Å². The Bertz CT molecular complexity index is 1310. The molecule has 1 saturated carbocycles. The minimum atomic E-state index is -1.24. The molecule has 1 aliphatic heterocycles. The van der Waals surface area contributed by atoms with Gasteiger partial charge in [0.1, 0.15) is 10.8 Å². The molecule has 1 spiro atoms. The lowest BCUT2D eigenvalue weighted by Crippen LogP contribution is -2.53. The van der Waals surface area contributed by atoms with Gasteiger partial charge in [0, 0.05) is 45.1 Å². The van der Waals surface area contributed by atoms with Gasteiger partial charge in [0.15, 0.2) is 5.82 Å². The summed E-state index contributed by atoms with van der Waals surface area (Å²) in [5.74, 6) is 1.61. The zero-order valence-electron chi connectivity index (χ0n) is 23.8. The minimum absolute atomic E-state index is 0.396. The van der Waals surface area contributed by atoms with Crippen molar-refractivity contribution in [3.8, 4) is 5.75 Å². The van der Waals surface area contributed by atoms with Crippen molar-refractivity contribution in [2.24, 2.45) is 5.41 Å². The molecule has 2 aliphatic rings. The number of rotatable bonds is 10. The van der Waals surface area contributed by atoms with Crippen LogP contribution in [-0.2, 0) is 9.05 Å². The van der Waals surface area contributed by atoms with E-state index in [9.17, 15) is 0 Å². The van der Waals surface area contributed by atoms with Crippen molar-refractivity contribution in [1.29, 1.82) is 0 Å². The molecule has 0 atom stereocenters. The largest absolute Gasteiger partial charge is 0.494 e. The molecule has 1 saturated heterocycles. The van der Waals surface area contributed by atoms with Crippen LogP contribution in [0.1, 0.15) is 25.7 Å². The Morgan fingerprint density at radius 2 is 1.73 bits per heavy atom. The molecule has 1 aromatic heterocycles. The number of benzene rings is 2. The van der Waals surface area contributed by atoms with E-state index in [-0.39, 0.29) is 0 Å². The second-order valence-electron chi connectivity index (χ2n) is 10.7. The zero-order valence-corrected chi connectivity index (χ0v) is 25.4. The summed E-state index contributed by atoms with van der Waals surface area (Å²) in [4.78, 5) is 13.9. The van der Waals surface area contributed by atoms with Gasteiger partial charge in [0.2, 0.25) is 14.3 Å². The van der Waals surface area contributed by atoms with E-state index in [4.69, 9.17) is 25.4 Å². The molecule has 2 heterocycles. The summed E-state index contributed by atoms with van der Waals surface area (Å²) < 4.78 is 16.8. The third kappa shape index (κ3) is 6.14. The molecule has 11 heteroatoms. The van der Waals surface area contributed by atoms with E-state index in [2.05, 4.69) is 56.6 Å². The minimum Gasteiger partial charge on any atom is -0.494 e. The van der Waals surface area contributed by atoms with Crippen LogP contribution < -0.4 is 25.6 Å². The van der Waals surface area contributed by atoms with Crippen LogP contribution >= 0.6 is 20.0 Å². The molecule has 0 unspecified atom stereocenters. The van der Waals surface area contributed by atoms with Crippen LogP contribution in [0.5, 0.6) is 5.75 Å². The number of nitrogens with one attached hydrogen (secondary N) is 2. The number of methoxy groups -OCH3 is 1. The molecule has 0 amide bonds. The molecule has 0 radical (unpaired) electrons. The zero-order chi connectivity index (χ0) is 28.3. The molecule has 1 aliphatic carbocycles. The first-order valence-corrected chi connectivity index (χ1v) is 15.0. The lowest BCUT2D eigenvalue weighted by molar-refractivity contribution is 0.00490. The number of aromatic nitrogens is 2. The summed E-state index contributed by atoms with van der Waals surface area (Å²) in [6, 6.07) is 14.7. The third-order valence-electron chi connectivity index (χ3n) is 8.12. The Morgan fingerprint density at radius 1 is 1.00 bits per heavy atom. The Labute approximate surface area is 243 Å². The summed E-state index contributed by atoms with van der Waals surface area (Å²) >= 11 is 6.47. The summed E-state index contributed by atoms with van der Waals surface area (Å²) in [6.07, 6.45) is 6.71. The molecular weight excluding hydrogens is 547 g/mol. The topological polar surface area (TPSA) is 84.0 Å². The number of anilines is 5. The normalized spacial score (nSPS) is 16.9. The van der Waals surface area contributed by atoms with Gasteiger partial charge >= 0.3 is 0 Å². The Morgan fingerprint density at radius 3 is 2.40 bits per heavy atom. The van der Waals surface area contributed by atoms with Gasteiger partial charge in [-0.15, -0.1) is 0 Å². The van der Waals surface area contributed by atoms with Crippen molar-refractivity contribution in [2.75, 3.05) is 64.0 Å². The van der Waals surface area contributed by atoms with Crippen molar-refractivity contribution in [2.45, 2.75) is 31.7 Å². The van der Waals surface area contributed by atoms with E-state index >= 15 is 0 Å². The van der Waals surface area contributed by atoms with Crippen molar-refractivity contribution in [3.05, 3.63) is 53.7 Å². The average molecular weight is 585 g/mol. The Hall–Kier alpha value is -2.68. The second-order valence-corrected chi connectivity index (χ2v) is 12.8. The van der Waals surface area contributed by atoms with Gasteiger partial charge in [-0.3, -0.25) is 0 Å². The maximum absolute atomic E-state index is 6.47. The number of ether oxygens (including phenoxy) is 1. The lowest BCUT2D eigenvalue weighted by Gasteiger charge is -2.54. The number of hydrogen-bond donors (Lipinski definition) is 2. The molecule has 5 rings (SSSR count). The van der Waals surface area contributed by atoms with E-state index in [1.807, 2.05) is 30.3 Å². The van der Waals surface area contributed by atoms with Crippen LogP contribution in [0.25, 0.3) is 0 Å². The van der Waals surface area contributed by atoms with E-state index in [1.165, 1.54) is 31.4 Å². The number of halogens is 1. The van der Waals surface area contributed by atoms with Crippen LogP contribution in [-0.4, -0.2) is 69.4 Å². The van der Waals surface area contributed by atoms with Crippen LogP contribution in [0.4, 0.5) is 28.8 Å². The standard InChI is InChI=1S/C29H38ClN6O3P/c1-35(2)21-17-29(18-21)12-14-36(15-13-29)20-10-11-23(25(16-20)37-3)33-28-31-19-22(30)27(34-28)32-24-8-6-7-9-26(24)40(38-4)39-5/h6-11,16,19,21H,12-15,17-18H2,1-5H3,(H2,31,32,33,34). The summed E-state index contributed by atoms with van der Waals surface area (Å²) in [6.45, 7) is 2.14. The summed E-state index contributed by atoms with van der Waals surface area (Å²) in [7, 11) is 8.09. The molecule has 0 bridgehead atoms. The molecule has 2 aromatic carbocycles. The van der Waals surface area contributed by atoms with Gasteiger partial charge in [-0.05, 0) is 69.5 Å². The first-order chi connectivity index (χ1) is 19.3. The van der Waals surface area contributed by atoms with E-state index in [0.717, 1.165) is 41.6 Å². The van der Waals surface area contributed by atoms with Crippen LogP contribution in [0.2, 0.25) is 5.02 Å². The first kappa shape index (κ1) is 28.8. The molecular formula is C29H38ClN6O3P. The maximum Gasteiger partial charge on any atom is 0.229 e. The fraction of sp³-hybridized carbons (Fsp3) is 0.448. The van der Waals surface area contributed by atoms with Crippen LogP contribution in [0.3, 0.4) is 0 Å². The lowest BCUT2D eigenvalue weighted by atomic mass is 9.60. The maximum atomic E-state index is 6.47. The molecule has 2 N–H and O–H groups in total. The second kappa shape index (κ2) is 12.5. The fourth-order valence-corrected chi connectivity index (χ4v) is 6.92. The first-order valence-electron chi connectivity index (χ1n) is 13.5. The molecule has 9 nitrogen and oxygen atoms in total. The molecule has 40 heavy (non-hydrogen) atoms. The van der Waals surface area contributed by atoms with Crippen LogP contribution in [0.15, 0.2) is 48.7 Å². The number of piperidine rings is 1. The van der Waals surface area contributed by atoms with Crippen molar-refractivity contribution in [1.82, 2.24) is 14.9 Å². The SMILES string of the molecule is COc1cc(N2CCC3(CC2)CC(N(C)C)C3)ccc1Nc1ncc(Cl)c(Nc2ccccc2P(OC)OC)n1. The molecule has 214 valence electrons. The van der Waals surface area contributed by atoms with Crippen molar-refractivity contribution < 1.29 is 13.8 Å².